The molecule has 0 amide bonds. The van der Waals surface area contributed by atoms with Gasteiger partial charge >= 0.3 is 0 Å². The predicted octanol–water partition coefficient (Wildman–Crippen LogP) is 4.74. The summed E-state index contributed by atoms with van der Waals surface area (Å²) in [4.78, 5) is 0.952. The van der Waals surface area contributed by atoms with Gasteiger partial charge in [-0.2, -0.15) is 0 Å². The maximum absolute atomic E-state index is 6.41. The SMILES string of the molecule is COc1ccccc1C(Cl)c1sccc1Cl. The second-order valence-electron chi connectivity index (χ2n) is 3.24. The number of benzene rings is 1. The Morgan fingerprint density at radius 2 is 2.00 bits per heavy atom. The van der Waals surface area contributed by atoms with Crippen LogP contribution in [0.5, 0.6) is 5.75 Å². The lowest BCUT2D eigenvalue weighted by atomic mass is 10.1. The number of alkyl halides is 1. The molecule has 1 atom stereocenters. The van der Waals surface area contributed by atoms with Crippen molar-refractivity contribution in [2.45, 2.75) is 5.38 Å². The van der Waals surface area contributed by atoms with Crippen molar-refractivity contribution in [2.75, 3.05) is 7.11 Å². The van der Waals surface area contributed by atoms with E-state index in [-0.39, 0.29) is 5.38 Å². The van der Waals surface area contributed by atoms with Crippen LogP contribution in [0.1, 0.15) is 15.8 Å². The van der Waals surface area contributed by atoms with Crippen LogP contribution in [0.4, 0.5) is 0 Å². The van der Waals surface area contributed by atoms with E-state index in [1.807, 2.05) is 35.7 Å². The molecule has 1 aromatic heterocycles. The molecule has 0 N–H and O–H groups in total. The molecule has 0 fully saturated rings. The van der Waals surface area contributed by atoms with Gasteiger partial charge in [-0.05, 0) is 17.5 Å². The van der Waals surface area contributed by atoms with E-state index in [1.54, 1.807) is 18.4 Å². The molecular formula is C12H10Cl2OS. The first-order chi connectivity index (χ1) is 7.74. The highest BCUT2D eigenvalue weighted by Crippen LogP contribution is 2.40. The van der Waals surface area contributed by atoms with Crippen molar-refractivity contribution < 1.29 is 4.74 Å². The van der Waals surface area contributed by atoms with Gasteiger partial charge in [-0.15, -0.1) is 22.9 Å². The van der Waals surface area contributed by atoms with E-state index in [9.17, 15) is 0 Å². The van der Waals surface area contributed by atoms with E-state index >= 15 is 0 Å². The van der Waals surface area contributed by atoms with E-state index in [1.165, 1.54) is 0 Å². The molecule has 84 valence electrons. The maximum Gasteiger partial charge on any atom is 0.123 e. The molecule has 1 heterocycles. The number of hydrogen-bond acceptors (Lipinski definition) is 2. The van der Waals surface area contributed by atoms with Gasteiger partial charge in [0.1, 0.15) is 5.75 Å². The van der Waals surface area contributed by atoms with Crippen LogP contribution in [0, 0.1) is 0 Å². The van der Waals surface area contributed by atoms with Gasteiger partial charge in [-0.1, -0.05) is 29.8 Å². The average molecular weight is 273 g/mol. The van der Waals surface area contributed by atoms with Gasteiger partial charge < -0.3 is 4.74 Å². The summed E-state index contributed by atoms with van der Waals surface area (Å²) >= 11 is 14.0. The second-order valence-corrected chi connectivity index (χ2v) is 5.03. The van der Waals surface area contributed by atoms with E-state index in [0.717, 1.165) is 16.2 Å². The third-order valence-electron chi connectivity index (χ3n) is 2.29. The van der Waals surface area contributed by atoms with Gasteiger partial charge in [0.15, 0.2) is 0 Å². The molecular weight excluding hydrogens is 263 g/mol. The van der Waals surface area contributed by atoms with Gasteiger partial charge in [0.2, 0.25) is 0 Å². The highest BCUT2D eigenvalue weighted by atomic mass is 35.5. The molecule has 1 unspecified atom stereocenters. The standard InChI is InChI=1S/C12H10Cl2OS/c1-15-10-5-3-2-4-8(10)11(14)12-9(13)6-7-16-12/h2-7,11H,1H3. The molecule has 0 aliphatic carbocycles. The van der Waals surface area contributed by atoms with E-state index in [4.69, 9.17) is 27.9 Å². The molecule has 0 radical (unpaired) electrons. The zero-order valence-electron chi connectivity index (χ0n) is 8.61. The van der Waals surface area contributed by atoms with Crippen molar-refractivity contribution in [3.63, 3.8) is 0 Å². The van der Waals surface area contributed by atoms with Gasteiger partial charge in [0.25, 0.3) is 0 Å². The molecule has 0 saturated carbocycles. The smallest absolute Gasteiger partial charge is 0.123 e. The van der Waals surface area contributed by atoms with Crippen LogP contribution in [0.3, 0.4) is 0 Å². The van der Waals surface area contributed by atoms with Crippen LogP contribution < -0.4 is 4.74 Å². The second kappa shape index (κ2) is 5.09. The summed E-state index contributed by atoms with van der Waals surface area (Å²) in [7, 11) is 1.64. The lowest BCUT2D eigenvalue weighted by molar-refractivity contribution is 0.410. The molecule has 2 aromatic rings. The van der Waals surface area contributed by atoms with Crippen molar-refractivity contribution in [3.05, 3.63) is 51.2 Å². The fourth-order valence-electron chi connectivity index (χ4n) is 1.50. The topological polar surface area (TPSA) is 9.23 Å². The van der Waals surface area contributed by atoms with Crippen LogP contribution in [-0.4, -0.2) is 7.11 Å². The molecule has 4 heteroatoms. The number of methoxy groups -OCH3 is 1. The summed E-state index contributed by atoms with van der Waals surface area (Å²) in [6, 6.07) is 9.56. The van der Waals surface area contributed by atoms with Crippen LogP contribution in [0.15, 0.2) is 35.7 Å². The Morgan fingerprint density at radius 3 is 2.62 bits per heavy atom. The summed E-state index contributed by atoms with van der Waals surface area (Å²) in [6.07, 6.45) is 0. The third-order valence-corrected chi connectivity index (χ3v) is 4.29. The molecule has 0 saturated heterocycles. The first-order valence-corrected chi connectivity index (χ1v) is 6.43. The van der Waals surface area contributed by atoms with Crippen LogP contribution in [-0.2, 0) is 0 Å². The zero-order valence-corrected chi connectivity index (χ0v) is 10.9. The highest BCUT2D eigenvalue weighted by molar-refractivity contribution is 7.11. The summed E-state index contributed by atoms with van der Waals surface area (Å²) in [5.74, 6) is 0.784. The molecule has 0 spiro atoms. The van der Waals surface area contributed by atoms with Crippen molar-refractivity contribution in [2.24, 2.45) is 0 Å². The predicted molar refractivity (Wildman–Crippen MR) is 70.0 cm³/mol. The third kappa shape index (κ3) is 2.19. The Morgan fingerprint density at radius 1 is 1.25 bits per heavy atom. The van der Waals surface area contributed by atoms with E-state index < -0.39 is 0 Å². The fourth-order valence-corrected chi connectivity index (χ4v) is 3.17. The molecule has 0 aliphatic rings. The largest absolute Gasteiger partial charge is 0.496 e. The molecule has 2 rings (SSSR count). The number of ether oxygens (including phenoxy) is 1. The number of rotatable bonds is 3. The monoisotopic (exact) mass is 272 g/mol. The van der Waals surface area contributed by atoms with Gasteiger partial charge in [-0.25, -0.2) is 0 Å². The van der Waals surface area contributed by atoms with E-state index in [2.05, 4.69) is 0 Å². The van der Waals surface area contributed by atoms with Crippen LogP contribution >= 0.6 is 34.5 Å². The van der Waals surface area contributed by atoms with Crippen molar-refractivity contribution >= 4 is 34.5 Å². The molecule has 0 bridgehead atoms. The number of hydrogen-bond donors (Lipinski definition) is 0. The summed E-state index contributed by atoms with van der Waals surface area (Å²) < 4.78 is 5.28. The normalized spacial score (nSPS) is 12.4. The quantitative estimate of drug-likeness (QED) is 0.734. The Kier molecular flexibility index (Phi) is 3.74. The Bertz CT molecular complexity index is 481. The molecule has 0 aliphatic heterocycles. The Hall–Kier alpha value is -0.700. The lowest BCUT2D eigenvalue weighted by Crippen LogP contribution is -1.95. The molecule has 1 aromatic carbocycles. The minimum Gasteiger partial charge on any atom is -0.496 e. The Balaban J connectivity index is 2.41. The van der Waals surface area contributed by atoms with Crippen molar-refractivity contribution in [3.8, 4) is 5.75 Å². The lowest BCUT2D eigenvalue weighted by Gasteiger charge is -2.12. The Labute approximate surface area is 109 Å². The van der Waals surface area contributed by atoms with Crippen molar-refractivity contribution in [1.82, 2.24) is 0 Å². The number of para-hydroxylation sites is 1. The molecule has 1 nitrogen and oxygen atoms in total. The zero-order chi connectivity index (χ0) is 11.5. The number of halogens is 2. The highest BCUT2D eigenvalue weighted by Gasteiger charge is 2.18. The van der Waals surface area contributed by atoms with Gasteiger partial charge in [0.05, 0.1) is 17.5 Å². The molecule has 16 heavy (non-hydrogen) atoms. The minimum atomic E-state index is -0.261. The fraction of sp³-hybridized carbons (Fsp3) is 0.167. The number of thiophene rings is 1. The summed E-state index contributed by atoms with van der Waals surface area (Å²) in [5, 5.41) is 2.38. The van der Waals surface area contributed by atoms with E-state index in [0.29, 0.717) is 5.02 Å². The minimum absolute atomic E-state index is 0.261. The van der Waals surface area contributed by atoms with Crippen molar-refractivity contribution in [1.29, 1.82) is 0 Å². The van der Waals surface area contributed by atoms with Gasteiger partial charge in [0, 0.05) is 10.4 Å². The van der Waals surface area contributed by atoms with Crippen LogP contribution in [0.25, 0.3) is 0 Å². The first kappa shape index (κ1) is 11.8. The average Bonchev–Trinajstić information content (AvgIpc) is 2.74. The maximum atomic E-state index is 6.41. The van der Waals surface area contributed by atoms with Gasteiger partial charge in [-0.3, -0.25) is 0 Å². The summed E-state index contributed by atoms with van der Waals surface area (Å²) in [6.45, 7) is 0. The van der Waals surface area contributed by atoms with Crippen LogP contribution in [0.2, 0.25) is 5.02 Å². The first-order valence-electron chi connectivity index (χ1n) is 4.74. The summed E-state index contributed by atoms with van der Waals surface area (Å²) in [5.41, 5.74) is 0.941.